The summed E-state index contributed by atoms with van der Waals surface area (Å²) in [6, 6.07) is -0.215. The quantitative estimate of drug-likeness (QED) is 0.838. The number of aromatic nitrogens is 2. The van der Waals surface area contributed by atoms with Crippen molar-refractivity contribution in [3.63, 3.8) is 0 Å². The van der Waals surface area contributed by atoms with E-state index in [-0.39, 0.29) is 18.6 Å². The van der Waals surface area contributed by atoms with Crippen LogP contribution in [-0.4, -0.2) is 45.4 Å². The van der Waals surface area contributed by atoms with Gasteiger partial charge in [0, 0.05) is 25.7 Å². The average molecular weight is 272 g/mol. The molecule has 0 saturated carbocycles. The zero-order valence-corrected chi connectivity index (χ0v) is 11.8. The molecule has 1 atom stereocenters. The second kappa shape index (κ2) is 6.02. The zero-order valence-electron chi connectivity index (χ0n) is 11.0. The number of halogens is 1. The van der Waals surface area contributed by atoms with Gasteiger partial charge in [-0.3, -0.25) is 9.48 Å². The van der Waals surface area contributed by atoms with Gasteiger partial charge in [0.15, 0.2) is 0 Å². The summed E-state index contributed by atoms with van der Waals surface area (Å²) in [7, 11) is 3.39. The van der Waals surface area contributed by atoms with Gasteiger partial charge in [-0.1, -0.05) is 11.6 Å². The lowest BCUT2D eigenvalue weighted by Crippen LogP contribution is -2.36. The molecule has 6 heteroatoms. The minimum atomic E-state index is -0.215. The van der Waals surface area contributed by atoms with Crippen LogP contribution in [0, 0.1) is 6.92 Å². The first kappa shape index (κ1) is 14.7. The van der Waals surface area contributed by atoms with Crippen molar-refractivity contribution in [1.82, 2.24) is 14.7 Å². The van der Waals surface area contributed by atoms with Crippen LogP contribution >= 0.6 is 11.6 Å². The number of aliphatic hydroxyl groups excluding tert-OH is 1. The van der Waals surface area contributed by atoms with E-state index in [1.807, 2.05) is 6.92 Å². The van der Waals surface area contributed by atoms with E-state index in [2.05, 4.69) is 5.10 Å². The minimum Gasteiger partial charge on any atom is -0.394 e. The molecule has 0 fully saturated rings. The molecule has 5 nitrogen and oxygen atoms in total. The number of carbonyl (C=O) groups excluding carboxylic acids is 1. The Balaban J connectivity index is 2.84. The van der Waals surface area contributed by atoms with Gasteiger partial charge in [-0.25, -0.2) is 0 Å². The van der Waals surface area contributed by atoms with Crippen LogP contribution in [0.15, 0.2) is 6.08 Å². The van der Waals surface area contributed by atoms with Crippen LogP contribution in [0.1, 0.15) is 18.2 Å². The minimum absolute atomic E-state index is 0.0667. The summed E-state index contributed by atoms with van der Waals surface area (Å²) in [5.41, 5.74) is 1.50. The number of rotatable bonds is 4. The number of hydrogen-bond acceptors (Lipinski definition) is 3. The molecule has 18 heavy (non-hydrogen) atoms. The lowest BCUT2D eigenvalue weighted by molar-refractivity contribution is -0.127. The maximum absolute atomic E-state index is 11.8. The van der Waals surface area contributed by atoms with Gasteiger partial charge in [-0.15, -0.1) is 0 Å². The van der Waals surface area contributed by atoms with Gasteiger partial charge >= 0.3 is 0 Å². The van der Waals surface area contributed by atoms with Gasteiger partial charge in [0.2, 0.25) is 5.91 Å². The summed E-state index contributed by atoms with van der Waals surface area (Å²) in [6.07, 6.45) is 3.08. The van der Waals surface area contributed by atoms with Gasteiger partial charge in [0.05, 0.1) is 18.3 Å². The van der Waals surface area contributed by atoms with E-state index >= 15 is 0 Å². The molecule has 1 rings (SSSR count). The Kier molecular flexibility index (Phi) is 4.93. The first-order valence-electron chi connectivity index (χ1n) is 5.63. The molecule has 1 amide bonds. The highest BCUT2D eigenvalue weighted by Crippen LogP contribution is 2.20. The number of carbonyl (C=O) groups is 1. The third-order valence-electron chi connectivity index (χ3n) is 2.86. The van der Waals surface area contributed by atoms with Crippen LogP contribution in [0.2, 0.25) is 5.15 Å². The second-order valence-corrected chi connectivity index (χ2v) is 4.59. The molecular weight excluding hydrogens is 254 g/mol. The Bertz CT molecular complexity index is 468. The van der Waals surface area contributed by atoms with E-state index in [0.717, 1.165) is 11.3 Å². The molecule has 1 N–H and O–H groups in total. The Morgan fingerprint density at radius 1 is 1.67 bits per heavy atom. The van der Waals surface area contributed by atoms with Gasteiger partial charge in [0.1, 0.15) is 5.15 Å². The fourth-order valence-electron chi connectivity index (χ4n) is 1.45. The topological polar surface area (TPSA) is 58.4 Å². The smallest absolute Gasteiger partial charge is 0.246 e. The Labute approximate surface area is 112 Å². The van der Waals surface area contributed by atoms with Crippen molar-refractivity contribution in [2.24, 2.45) is 7.05 Å². The third-order valence-corrected chi connectivity index (χ3v) is 3.31. The van der Waals surface area contributed by atoms with Crippen molar-refractivity contribution in [1.29, 1.82) is 0 Å². The summed E-state index contributed by atoms with van der Waals surface area (Å²) in [6.45, 7) is 3.53. The second-order valence-electron chi connectivity index (χ2n) is 4.23. The van der Waals surface area contributed by atoms with Crippen molar-refractivity contribution in [3.8, 4) is 0 Å². The van der Waals surface area contributed by atoms with Gasteiger partial charge in [-0.2, -0.15) is 5.10 Å². The van der Waals surface area contributed by atoms with Gasteiger partial charge in [-0.05, 0) is 19.9 Å². The van der Waals surface area contributed by atoms with E-state index in [4.69, 9.17) is 16.7 Å². The Morgan fingerprint density at radius 2 is 2.28 bits per heavy atom. The lowest BCUT2D eigenvalue weighted by Gasteiger charge is -2.21. The normalized spacial score (nSPS) is 13.0. The van der Waals surface area contributed by atoms with Gasteiger partial charge < -0.3 is 10.0 Å². The molecule has 1 aromatic rings. The summed E-state index contributed by atoms with van der Waals surface area (Å²) >= 11 is 6.05. The van der Waals surface area contributed by atoms with E-state index in [1.165, 1.54) is 11.0 Å². The van der Waals surface area contributed by atoms with Gasteiger partial charge in [0.25, 0.3) is 0 Å². The maximum Gasteiger partial charge on any atom is 0.246 e. The lowest BCUT2D eigenvalue weighted by atomic mass is 10.2. The molecule has 1 aromatic heterocycles. The molecule has 0 aromatic carbocycles. The van der Waals surface area contributed by atoms with Crippen molar-refractivity contribution in [2.75, 3.05) is 13.7 Å². The first-order valence-corrected chi connectivity index (χ1v) is 6.01. The van der Waals surface area contributed by atoms with Crippen LogP contribution in [0.25, 0.3) is 6.08 Å². The fraction of sp³-hybridized carbons (Fsp3) is 0.500. The van der Waals surface area contributed by atoms with Crippen molar-refractivity contribution < 1.29 is 9.90 Å². The van der Waals surface area contributed by atoms with E-state index in [9.17, 15) is 4.79 Å². The summed E-state index contributed by atoms with van der Waals surface area (Å²) in [5.74, 6) is -0.184. The monoisotopic (exact) mass is 271 g/mol. The van der Waals surface area contributed by atoms with Crippen molar-refractivity contribution in [3.05, 3.63) is 22.5 Å². The van der Waals surface area contributed by atoms with Crippen molar-refractivity contribution in [2.45, 2.75) is 19.9 Å². The van der Waals surface area contributed by atoms with Crippen LogP contribution < -0.4 is 0 Å². The predicted molar refractivity (Wildman–Crippen MR) is 71.3 cm³/mol. The highest BCUT2D eigenvalue weighted by atomic mass is 35.5. The highest BCUT2D eigenvalue weighted by Gasteiger charge is 2.13. The summed E-state index contributed by atoms with van der Waals surface area (Å²) < 4.78 is 1.56. The Hall–Kier alpha value is -1.33. The number of aryl methyl sites for hydroxylation is 2. The molecule has 1 heterocycles. The number of amides is 1. The van der Waals surface area contributed by atoms with Crippen LogP contribution in [0.4, 0.5) is 0 Å². The predicted octanol–water partition coefficient (Wildman–Crippen LogP) is 1.23. The summed E-state index contributed by atoms with van der Waals surface area (Å²) in [5, 5.41) is 13.6. The molecule has 0 spiro atoms. The number of likely N-dealkylation sites (N-methyl/N-ethyl adjacent to an activating group) is 1. The fourth-order valence-corrected chi connectivity index (χ4v) is 1.69. The molecule has 0 saturated heterocycles. The highest BCUT2D eigenvalue weighted by molar-refractivity contribution is 6.31. The number of hydrogen-bond donors (Lipinski definition) is 1. The number of nitrogens with zero attached hydrogens (tertiary/aromatic N) is 3. The molecule has 0 aliphatic carbocycles. The maximum atomic E-state index is 11.8. The molecule has 0 aliphatic rings. The van der Waals surface area contributed by atoms with Crippen LogP contribution in [0.5, 0.6) is 0 Å². The standard InChI is InChI=1S/C12H18ClN3O2/c1-8(7-17)15(3)11(18)6-5-10-9(2)14-16(4)12(10)13/h5-6,8,17H,7H2,1-4H3/b6-5+. The molecule has 100 valence electrons. The SMILES string of the molecule is Cc1nn(C)c(Cl)c1/C=C/C(=O)N(C)C(C)CO. The van der Waals surface area contributed by atoms with E-state index in [1.54, 1.807) is 31.8 Å². The molecule has 1 unspecified atom stereocenters. The van der Waals surface area contributed by atoms with E-state index in [0.29, 0.717) is 5.15 Å². The third kappa shape index (κ3) is 3.11. The average Bonchev–Trinajstić information content (AvgIpc) is 2.59. The Morgan fingerprint density at radius 3 is 2.72 bits per heavy atom. The molecule has 0 aliphatic heterocycles. The van der Waals surface area contributed by atoms with Crippen LogP contribution in [-0.2, 0) is 11.8 Å². The largest absolute Gasteiger partial charge is 0.394 e. The zero-order chi connectivity index (χ0) is 13.9. The molecule has 0 radical (unpaired) electrons. The molecule has 0 bridgehead atoms. The van der Waals surface area contributed by atoms with Crippen molar-refractivity contribution >= 4 is 23.6 Å². The number of aliphatic hydroxyl groups is 1. The van der Waals surface area contributed by atoms with E-state index < -0.39 is 0 Å². The van der Waals surface area contributed by atoms with Crippen LogP contribution in [0.3, 0.4) is 0 Å². The first-order chi connectivity index (χ1) is 8.38. The molecular formula is C12H18ClN3O2. The summed E-state index contributed by atoms with van der Waals surface area (Å²) in [4.78, 5) is 13.3.